The molecule has 178 valence electrons. The fourth-order valence-corrected chi connectivity index (χ4v) is 3.78. The van der Waals surface area contributed by atoms with Crippen LogP contribution in [0.1, 0.15) is 5.56 Å². The first-order valence-electron chi connectivity index (χ1n) is 10.5. The lowest BCUT2D eigenvalue weighted by atomic mass is 10.0. The average molecular weight is 491 g/mol. The first-order chi connectivity index (χ1) is 16.9. The highest BCUT2D eigenvalue weighted by Crippen LogP contribution is 2.36. The van der Waals surface area contributed by atoms with Crippen LogP contribution in [-0.2, 0) is 9.59 Å². The molecule has 1 aliphatic heterocycles. The number of hydrogen-bond acceptors (Lipinski definition) is 7. The van der Waals surface area contributed by atoms with E-state index < -0.39 is 11.8 Å². The molecule has 0 atom stereocenters. The van der Waals surface area contributed by atoms with Crippen LogP contribution < -0.4 is 29.2 Å². The summed E-state index contributed by atoms with van der Waals surface area (Å²) in [5, 5.41) is 2.55. The number of carbonyl (C=O) groups excluding carboxylic acids is 2. The molecule has 35 heavy (non-hydrogen) atoms. The molecule has 4 rings (SSSR count). The van der Waals surface area contributed by atoms with Gasteiger partial charge in [-0.15, -0.1) is 0 Å². The Morgan fingerprint density at radius 3 is 1.97 bits per heavy atom. The summed E-state index contributed by atoms with van der Waals surface area (Å²) in [4.78, 5) is 27.4. The molecule has 0 radical (unpaired) electrons. The van der Waals surface area contributed by atoms with Gasteiger partial charge >= 0.3 is 0 Å². The van der Waals surface area contributed by atoms with Gasteiger partial charge in [-0.25, -0.2) is 0 Å². The molecule has 1 heterocycles. The van der Waals surface area contributed by atoms with E-state index >= 15 is 0 Å². The zero-order valence-electron chi connectivity index (χ0n) is 19.2. The SMILES string of the molecule is COc1cc(OC)c(C=C2C(=O)NC(=S)N(c3ccc(Oc4ccccc4)cc3)C2=O)c(OC)c1. The zero-order valence-corrected chi connectivity index (χ0v) is 20.0. The molecule has 0 saturated carbocycles. The number of rotatable bonds is 7. The van der Waals surface area contributed by atoms with Crippen LogP contribution in [0.25, 0.3) is 6.08 Å². The van der Waals surface area contributed by atoms with Crippen molar-refractivity contribution >= 4 is 40.9 Å². The van der Waals surface area contributed by atoms with Crippen LogP contribution >= 0.6 is 12.2 Å². The molecule has 3 aromatic carbocycles. The summed E-state index contributed by atoms with van der Waals surface area (Å²) in [5.74, 6) is 1.30. The molecule has 1 aliphatic rings. The van der Waals surface area contributed by atoms with Gasteiger partial charge in [0.15, 0.2) is 5.11 Å². The van der Waals surface area contributed by atoms with Gasteiger partial charge in [0.1, 0.15) is 34.3 Å². The van der Waals surface area contributed by atoms with E-state index in [4.69, 9.17) is 31.2 Å². The predicted octanol–water partition coefficient (Wildman–Crippen LogP) is 4.34. The molecule has 0 bridgehead atoms. The van der Waals surface area contributed by atoms with Crippen LogP contribution in [-0.4, -0.2) is 38.3 Å². The van der Waals surface area contributed by atoms with Gasteiger partial charge in [0, 0.05) is 12.1 Å². The predicted molar refractivity (Wildman–Crippen MR) is 135 cm³/mol. The Balaban J connectivity index is 1.67. The second kappa shape index (κ2) is 10.3. The Labute approximate surface area is 207 Å². The fourth-order valence-electron chi connectivity index (χ4n) is 3.50. The molecule has 1 fully saturated rings. The van der Waals surface area contributed by atoms with Crippen molar-refractivity contribution in [3.05, 3.63) is 77.9 Å². The molecule has 3 aromatic rings. The molecule has 2 amide bonds. The number of nitrogens with zero attached hydrogens (tertiary/aromatic N) is 1. The van der Waals surface area contributed by atoms with E-state index in [-0.39, 0.29) is 10.7 Å². The number of amides is 2. The normalized spacial score (nSPS) is 14.5. The lowest BCUT2D eigenvalue weighted by Gasteiger charge is -2.29. The number of thiocarbonyl (C=S) groups is 1. The highest BCUT2D eigenvalue weighted by Gasteiger charge is 2.35. The van der Waals surface area contributed by atoms with E-state index in [0.717, 1.165) is 0 Å². The van der Waals surface area contributed by atoms with Crippen molar-refractivity contribution in [2.24, 2.45) is 0 Å². The largest absolute Gasteiger partial charge is 0.496 e. The average Bonchev–Trinajstić information content (AvgIpc) is 2.87. The van der Waals surface area contributed by atoms with Crippen molar-refractivity contribution in [2.75, 3.05) is 26.2 Å². The Bertz CT molecular complexity index is 1280. The third-order valence-electron chi connectivity index (χ3n) is 5.22. The molecule has 0 spiro atoms. The van der Waals surface area contributed by atoms with E-state index in [1.807, 2.05) is 30.3 Å². The van der Waals surface area contributed by atoms with E-state index in [9.17, 15) is 9.59 Å². The van der Waals surface area contributed by atoms with Crippen molar-refractivity contribution in [1.82, 2.24) is 5.32 Å². The summed E-state index contributed by atoms with van der Waals surface area (Å²) in [7, 11) is 4.46. The smallest absolute Gasteiger partial charge is 0.270 e. The molecule has 9 heteroatoms. The Hall–Kier alpha value is -4.37. The van der Waals surface area contributed by atoms with Crippen LogP contribution in [0.4, 0.5) is 5.69 Å². The second-order valence-electron chi connectivity index (χ2n) is 7.31. The topological polar surface area (TPSA) is 86.3 Å². The molecular formula is C26H22N2O6S. The van der Waals surface area contributed by atoms with Crippen LogP contribution in [0.3, 0.4) is 0 Å². The summed E-state index contributed by atoms with van der Waals surface area (Å²) in [6, 6.07) is 19.4. The van der Waals surface area contributed by atoms with E-state index in [1.165, 1.54) is 32.3 Å². The van der Waals surface area contributed by atoms with E-state index in [1.54, 1.807) is 36.4 Å². The van der Waals surface area contributed by atoms with E-state index in [0.29, 0.717) is 40.0 Å². The minimum atomic E-state index is -0.625. The maximum Gasteiger partial charge on any atom is 0.270 e. The Kier molecular flexibility index (Phi) is 6.98. The maximum atomic E-state index is 13.4. The lowest BCUT2D eigenvalue weighted by Crippen LogP contribution is -2.54. The standard InChI is InChI=1S/C26H22N2O6S/c1-31-19-13-22(32-2)20(23(14-19)33-3)15-21-24(29)27-26(35)28(25(21)30)16-9-11-18(12-10-16)34-17-7-5-4-6-8-17/h4-15H,1-3H3,(H,27,29,35). The molecule has 0 aromatic heterocycles. The Morgan fingerprint density at radius 1 is 0.800 bits per heavy atom. The second-order valence-corrected chi connectivity index (χ2v) is 7.70. The minimum Gasteiger partial charge on any atom is -0.496 e. The van der Waals surface area contributed by atoms with Gasteiger partial charge in [0.05, 0.1) is 32.6 Å². The van der Waals surface area contributed by atoms with Crippen molar-refractivity contribution in [1.29, 1.82) is 0 Å². The van der Waals surface area contributed by atoms with Crippen LogP contribution in [0, 0.1) is 0 Å². The van der Waals surface area contributed by atoms with Crippen molar-refractivity contribution in [3.63, 3.8) is 0 Å². The van der Waals surface area contributed by atoms with Crippen LogP contribution in [0.5, 0.6) is 28.7 Å². The number of nitrogens with one attached hydrogen (secondary N) is 1. The van der Waals surface area contributed by atoms with Gasteiger partial charge in [-0.1, -0.05) is 18.2 Å². The van der Waals surface area contributed by atoms with E-state index in [2.05, 4.69) is 5.32 Å². The monoisotopic (exact) mass is 490 g/mol. The number of benzene rings is 3. The Morgan fingerprint density at radius 2 is 1.40 bits per heavy atom. The molecule has 0 aliphatic carbocycles. The number of methoxy groups -OCH3 is 3. The first kappa shape index (κ1) is 23.8. The van der Waals surface area contributed by atoms with Gasteiger partial charge in [0.25, 0.3) is 11.8 Å². The van der Waals surface area contributed by atoms with Gasteiger partial charge in [-0.2, -0.15) is 0 Å². The van der Waals surface area contributed by atoms with Crippen LogP contribution in [0.2, 0.25) is 0 Å². The molecule has 0 unspecified atom stereocenters. The third-order valence-corrected chi connectivity index (χ3v) is 5.50. The third kappa shape index (κ3) is 4.95. The quantitative estimate of drug-likeness (QED) is 0.300. The molecule has 8 nitrogen and oxygen atoms in total. The highest BCUT2D eigenvalue weighted by atomic mass is 32.1. The number of para-hydroxylation sites is 1. The zero-order chi connectivity index (χ0) is 24.9. The maximum absolute atomic E-state index is 13.4. The van der Waals surface area contributed by atoms with Gasteiger partial charge < -0.3 is 18.9 Å². The van der Waals surface area contributed by atoms with Gasteiger partial charge in [0.2, 0.25) is 0 Å². The lowest BCUT2D eigenvalue weighted by molar-refractivity contribution is -0.122. The van der Waals surface area contributed by atoms with Gasteiger partial charge in [-0.05, 0) is 54.7 Å². The highest BCUT2D eigenvalue weighted by molar-refractivity contribution is 7.80. The number of hydrogen-bond donors (Lipinski definition) is 1. The summed E-state index contributed by atoms with van der Waals surface area (Å²) < 4.78 is 21.9. The summed E-state index contributed by atoms with van der Waals surface area (Å²) in [6.07, 6.45) is 1.41. The minimum absolute atomic E-state index is 0.0254. The number of anilines is 1. The van der Waals surface area contributed by atoms with Crippen molar-refractivity contribution in [3.8, 4) is 28.7 Å². The number of carbonyl (C=O) groups is 2. The van der Waals surface area contributed by atoms with Crippen molar-refractivity contribution < 1.29 is 28.5 Å². The van der Waals surface area contributed by atoms with Crippen LogP contribution in [0.15, 0.2) is 72.3 Å². The molecular weight excluding hydrogens is 468 g/mol. The number of ether oxygens (including phenoxy) is 4. The first-order valence-corrected chi connectivity index (χ1v) is 10.9. The summed E-state index contributed by atoms with van der Waals surface area (Å²) >= 11 is 5.30. The molecule has 1 N–H and O–H groups in total. The molecule has 1 saturated heterocycles. The summed E-state index contributed by atoms with van der Waals surface area (Å²) in [6.45, 7) is 0. The van der Waals surface area contributed by atoms with Gasteiger partial charge in [-0.3, -0.25) is 19.8 Å². The van der Waals surface area contributed by atoms with Crippen molar-refractivity contribution in [2.45, 2.75) is 0 Å². The summed E-state index contributed by atoms with van der Waals surface area (Å²) in [5.41, 5.74) is 0.749. The fraction of sp³-hybridized carbons (Fsp3) is 0.115.